The van der Waals surface area contributed by atoms with Crippen LogP contribution in [0.5, 0.6) is 5.75 Å². The highest BCUT2D eigenvalue weighted by Crippen LogP contribution is 2.16. The minimum absolute atomic E-state index is 0.241. The maximum Gasteiger partial charge on any atom is 0.254 e. The highest BCUT2D eigenvalue weighted by atomic mass is 16.5. The lowest BCUT2D eigenvalue weighted by molar-refractivity contribution is 0.0950. The average molecular weight is 349 g/mol. The molecule has 1 aromatic carbocycles. The second kappa shape index (κ2) is 8.57. The molecule has 0 spiro atoms. The molecule has 2 N–H and O–H groups in total. The van der Waals surface area contributed by atoms with Crippen LogP contribution in [0.3, 0.4) is 0 Å². The number of carbonyl (C=O) groups excluding carboxylic acids is 1. The van der Waals surface area contributed by atoms with Gasteiger partial charge in [0.05, 0.1) is 12.7 Å². The summed E-state index contributed by atoms with van der Waals surface area (Å²) in [6, 6.07) is 11.4. The van der Waals surface area contributed by atoms with Crippen molar-refractivity contribution in [1.82, 2.24) is 20.3 Å². The van der Waals surface area contributed by atoms with Gasteiger partial charge < -0.3 is 15.4 Å². The van der Waals surface area contributed by atoms with E-state index in [9.17, 15) is 4.79 Å². The van der Waals surface area contributed by atoms with E-state index in [0.717, 1.165) is 16.9 Å². The van der Waals surface area contributed by atoms with Gasteiger partial charge in [-0.2, -0.15) is 0 Å². The fraction of sp³-hybridized carbons (Fsp3) is 0.158. The zero-order chi connectivity index (χ0) is 18.2. The Kier molecular flexibility index (Phi) is 5.72. The average Bonchev–Trinajstić information content (AvgIpc) is 2.72. The molecule has 0 aliphatic carbocycles. The molecule has 3 rings (SSSR count). The Hall–Kier alpha value is -3.48. The molecule has 1 amide bonds. The molecule has 0 saturated heterocycles. The van der Waals surface area contributed by atoms with Crippen molar-refractivity contribution in [3.05, 3.63) is 77.9 Å². The number of benzene rings is 1. The molecule has 0 unspecified atom stereocenters. The normalized spacial score (nSPS) is 10.2. The first kappa shape index (κ1) is 17.3. The van der Waals surface area contributed by atoms with Gasteiger partial charge in [-0.25, -0.2) is 9.97 Å². The van der Waals surface area contributed by atoms with Crippen LogP contribution in [0.25, 0.3) is 0 Å². The van der Waals surface area contributed by atoms with Gasteiger partial charge in [0.25, 0.3) is 5.91 Å². The number of nitrogens with zero attached hydrogens (tertiary/aromatic N) is 3. The van der Waals surface area contributed by atoms with E-state index in [1.54, 1.807) is 19.5 Å². The Balaban J connectivity index is 1.55. The number of methoxy groups -OCH3 is 1. The van der Waals surface area contributed by atoms with Gasteiger partial charge in [-0.05, 0) is 17.7 Å². The molecule has 7 heteroatoms. The van der Waals surface area contributed by atoms with Crippen molar-refractivity contribution >= 4 is 11.9 Å². The first-order valence-electron chi connectivity index (χ1n) is 8.11. The number of hydrogen-bond acceptors (Lipinski definition) is 6. The van der Waals surface area contributed by atoms with Crippen molar-refractivity contribution in [1.29, 1.82) is 0 Å². The van der Waals surface area contributed by atoms with Crippen LogP contribution in [0.15, 0.2) is 61.2 Å². The van der Waals surface area contributed by atoms with Crippen LogP contribution < -0.4 is 15.4 Å². The summed E-state index contributed by atoms with van der Waals surface area (Å²) in [7, 11) is 1.60. The van der Waals surface area contributed by atoms with Crippen LogP contribution in [-0.2, 0) is 13.1 Å². The molecular weight excluding hydrogens is 330 g/mol. The zero-order valence-electron chi connectivity index (χ0n) is 14.3. The maximum absolute atomic E-state index is 12.2. The highest BCUT2D eigenvalue weighted by Gasteiger charge is 2.09. The molecule has 0 aliphatic rings. The van der Waals surface area contributed by atoms with E-state index < -0.39 is 0 Å². The Labute approximate surface area is 151 Å². The van der Waals surface area contributed by atoms with Crippen molar-refractivity contribution in [3.63, 3.8) is 0 Å². The lowest BCUT2D eigenvalue weighted by Crippen LogP contribution is -2.23. The van der Waals surface area contributed by atoms with Gasteiger partial charge in [0.15, 0.2) is 0 Å². The molecule has 2 heterocycles. The molecular formula is C19H19N5O2. The van der Waals surface area contributed by atoms with Crippen LogP contribution in [0.2, 0.25) is 0 Å². The van der Waals surface area contributed by atoms with Crippen molar-refractivity contribution in [2.75, 3.05) is 12.4 Å². The number of nitrogens with one attached hydrogen (secondary N) is 2. The Bertz CT molecular complexity index is 853. The fourth-order valence-corrected chi connectivity index (χ4v) is 2.35. The first-order chi connectivity index (χ1) is 12.8. The van der Waals surface area contributed by atoms with Crippen LogP contribution in [0.1, 0.15) is 21.5 Å². The molecule has 0 saturated carbocycles. The van der Waals surface area contributed by atoms with Gasteiger partial charge in [0.1, 0.15) is 5.75 Å². The molecule has 26 heavy (non-hydrogen) atoms. The van der Waals surface area contributed by atoms with E-state index in [1.807, 2.05) is 36.4 Å². The second-order valence-electron chi connectivity index (χ2n) is 5.50. The number of rotatable bonds is 7. The number of para-hydroxylation sites is 1. The summed E-state index contributed by atoms with van der Waals surface area (Å²) >= 11 is 0. The predicted octanol–water partition coefficient (Wildman–Crippen LogP) is 2.42. The SMILES string of the molecule is COc1ccccc1CNC(=O)c1cnc(NCc2cccnc2)nc1. The van der Waals surface area contributed by atoms with Gasteiger partial charge in [-0.3, -0.25) is 9.78 Å². The molecule has 0 atom stereocenters. The van der Waals surface area contributed by atoms with E-state index in [0.29, 0.717) is 24.6 Å². The summed E-state index contributed by atoms with van der Waals surface area (Å²) in [6.07, 6.45) is 6.48. The highest BCUT2D eigenvalue weighted by molar-refractivity contribution is 5.93. The quantitative estimate of drug-likeness (QED) is 0.681. The minimum Gasteiger partial charge on any atom is -0.496 e. The van der Waals surface area contributed by atoms with Crippen LogP contribution in [0, 0.1) is 0 Å². The molecule has 0 bridgehead atoms. The number of ether oxygens (including phenoxy) is 1. The Morgan fingerprint density at radius 1 is 1.04 bits per heavy atom. The Morgan fingerprint density at radius 2 is 1.85 bits per heavy atom. The van der Waals surface area contributed by atoms with Crippen LogP contribution in [0.4, 0.5) is 5.95 Å². The number of hydrogen-bond donors (Lipinski definition) is 2. The van der Waals surface area contributed by atoms with E-state index in [1.165, 1.54) is 12.4 Å². The fourth-order valence-electron chi connectivity index (χ4n) is 2.35. The third kappa shape index (κ3) is 4.54. The summed E-state index contributed by atoms with van der Waals surface area (Å²) in [4.78, 5) is 24.6. The smallest absolute Gasteiger partial charge is 0.254 e. The van der Waals surface area contributed by atoms with Crippen LogP contribution in [-0.4, -0.2) is 28.0 Å². The minimum atomic E-state index is -0.241. The van der Waals surface area contributed by atoms with Crippen molar-refractivity contribution in [3.8, 4) is 5.75 Å². The van der Waals surface area contributed by atoms with Gasteiger partial charge in [0.2, 0.25) is 5.95 Å². The standard InChI is InChI=1S/C19H19N5O2/c1-26-17-7-3-2-6-15(17)11-21-18(25)16-12-23-19(24-13-16)22-10-14-5-4-8-20-9-14/h2-9,12-13H,10-11H2,1H3,(H,21,25)(H,22,23,24). The molecule has 0 radical (unpaired) electrons. The topological polar surface area (TPSA) is 89.0 Å². The van der Waals surface area contributed by atoms with Crippen LogP contribution >= 0.6 is 0 Å². The van der Waals surface area contributed by atoms with Crippen molar-refractivity contribution in [2.45, 2.75) is 13.1 Å². The Morgan fingerprint density at radius 3 is 2.58 bits per heavy atom. The largest absolute Gasteiger partial charge is 0.496 e. The van der Waals surface area contributed by atoms with E-state index >= 15 is 0 Å². The van der Waals surface area contributed by atoms with E-state index in [-0.39, 0.29) is 5.91 Å². The third-order valence-electron chi connectivity index (χ3n) is 3.72. The van der Waals surface area contributed by atoms with E-state index in [4.69, 9.17) is 4.74 Å². The number of anilines is 1. The molecule has 7 nitrogen and oxygen atoms in total. The number of amides is 1. The summed E-state index contributed by atoms with van der Waals surface area (Å²) in [5.41, 5.74) is 2.32. The molecule has 2 aromatic heterocycles. The van der Waals surface area contributed by atoms with Gasteiger partial charge in [0, 0.05) is 43.4 Å². The van der Waals surface area contributed by atoms with Gasteiger partial charge in [-0.15, -0.1) is 0 Å². The zero-order valence-corrected chi connectivity index (χ0v) is 14.3. The van der Waals surface area contributed by atoms with E-state index in [2.05, 4.69) is 25.6 Å². The van der Waals surface area contributed by atoms with Crippen molar-refractivity contribution < 1.29 is 9.53 Å². The predicted molar refractivity (Wildman–Crippen MR) is 97.8 cm³/mol. The third-order valence-corrected chi connectivity index (χ3v) is 3.72. The monoisotopic (exact) mass is 349 g/mol. The summed E-state index contributed by atoms with van der Waals surface area (Å²) < 4.78 is 5.27. The molecule has 0 fully saturated rings. The van der Waals surface area contributed by atoms with Gasteiger partial charge >= 0.3 is 0 Å². The first-order valence-corrected chi connectivity index (χ1v) is 8.11. The lowest BCUT2D eigenvalue weighted by atomic mass is 10.2. The van der Waals surface area contributed by atoms with Gasteiger partial charge in [-0.1, -0.05) is 24.3 Å². The molecule has 132 valence electrons. The summed E-state index contributed by atoms with van der Waals surface area (Å²) in [6.45, 7) is 0.928. The molecule has 3 aromatic rings. The number of aromatic nitrogens is 3. The number of carbonyl (C=O) groups is 1. The molecule has 0 aliphatic heterocycles. The summed E-state index contributed by atoms with van der Waals surface area (Å²) in [5, 5.41) is 5.93. The summed E-state index contributed by atoms with van der Waals surface area (Å²) in [5.74, 6) is 0.948. The second-order valence-corrected chi connectivity index (χ2v) is 5.50. The van der Waals surface area contributed by atoms with Crippen molar-refractivity contribution in [2.24, 2.45) is 0 Å². The maximum atomic E-state index is 12.2. The number of pyridine rings is 1. The lowest BCUT2D eigenvalue weighted by Gasteiger charge is -2.09.